The van der Waals surface area contributed by atoms with Crippen LogP contribution in [-0.2, 0) is 17.9 Å². The smallest absolute Gasteiger partial charge is 0.326 e. The molecule has 0 saturated carbocycles. The zero-order chi connectivity index (χ0) is 15.2. The summed E-state index contributed by atoms with van der Waals surface area (Å²) in [6.45, 7) is 2.83. The number of nitriles is 1. The highest BCUT2D eigenvalue weighted by atomic mass is 16.2. The summed E-state index contributed by atoms with van der Waals surface area (Å²) in [6.07, 6.45) is 3.58. The second-order valence-corrected chi connectivity index (χ2v) is 4.55. The fraction of sp³-hybridized carbons (Fsp3) is 0.267. The van der Waals surface area contributed by atoms with Crippen molar-refractivity contribution in [3.8, 4) is 6.07 Å². The average Bonchev–Trinajstić information content (AvgIpc) is 2.85. The molecule has 1 aromatic heterocycles. The first kappa shape index (κ1) is 14.6. The van der Waals surface area contributed by atoms with Crippen molar-refractivity contribution >= 4 is 11.6 Å². The number of carbonyl (C=O) groups is 1. The lowest BCUT2D eigenvalue weighted by atomic mass is 10.2. The van der Waals surface area contributed by atoms with Gasteiger partial charge in [-0.3, -0.25) is 13.9 Å². The van der Waals surface area contributed by atoms with Gasteiger partial charge in [-0.2, -0.15) is 5.26 Å². The van der Waals surface area contributed by atoms with Gasteiger partial charge in [0.25, 0.3) is 0 Å². The lowest BCUT2D eigenvalue weighted by molar-refractivity contribution is -0.116. The third-order valence-electron chi connectivity index (χ3n) is 3.11. The molecule has 0 unspecified atom stereocenters. The number of aryl methyl sites for hydroxylation is 2. The Kier molecular flexibility index (Phi) is 4.57. The van der Waals surface area contributed by atoms with Gasteiger partial charge in [0.05, 0.1) is 11.6 Å². The molecule has 1 N–H and O–H groups in total. The van der Waals surface area contributed by atoms with Crippen LogP contribution < -0.4 is 11.0 Å². The standard InChI is InChI=1S/C15H16N4O2/c1-2-18-8-9-19(15(18)21)7-6-14(20)17-13-5-3-4-12(10-13)11-16/h3-5,8-10H,2,6-7H2,1H3,(H,17,20). The van der Waals surface area contributed by atoms with Gasteiger partial charge in [-0.25, -0.2) is 4.79 Å². The van der Waals surface area contributed by atoms with Crippen LogP contribution in [0.2, 0.25) is 0 Å². The van der Waals surface area contributed by atoms with Gasteiger partial charge < -0.3 is 5.32 Å². The van der Waals surface area contributed by atoms with Crippen LogP contribution in [0, 0.1) is 11.3 Å². The van der Waals surface area contributed by atoms with Crippen LogP contribution in [-0.4, -0.2) is 15.0 Å². The van der Waals surface area contributed by atoms with Crippen molar-refractivity contribution in [2.75, 3.05) is 5.32 Å². The normalized spacial score (nSPS) is 10.1. The van der Waals surface area contributed by atoms with E-state index < -0.39 is 0 Å². The molecule has 0 aliphatic rings. The van der Waals surface area contributed by atoms with Gasteiger partial charge in [-0.05, 0) is 25.1 Å². The third kappa shape index (κ3) is 3.60. The van der Waals surface area contributed by atoms with Crippen LogP contribution in [0.25, 0.3) is 0 Å². The minimum atomic E-state index is -0.193. The van der Waals surface area contributed by atoms with Crippen molar-refractivity contribution < 1.29 is 4.79 Å². The Hall–Kier alpha value is -2.81. The summed E-state index contributed by atoms with van der Waals surface area (Å²) >= 11 is 0. The summed E-state index contributed by atoms with van der Waals surface area (Å²) in [5.74, 6) is -0.193. The number of hydrogen-bond donors (Lipinski definition) is 1. The topological polar surface area (TPSA) is 79.8 Å². The number of carbonyl (C=O) groups excluding carboxylic acids is 1. The maximum Gasteiger partial charge on any atom is 0.328 e. The molecule has 1 heterocycles. The van der Waals surface area contributed by atoms with Gasteiger partial charge in [0.15, 0.2) is 0 Å². The molecule has 0 radical (unpaired) electrons. The molecule has 0 spiro atoms. The number of aromatic nitrogens is 2. The number of benzene rings is 1. The zero-order valence-corrected chi connectivity index (χ0v) is 11.7. The van der Waals surface area contributed by atoms with Crippen LogP contribution in [0.3, 0.4) is 0 Å². The van der Waals surface area contributed by atoms with Gasteiger partial charge in [-0.15, -0.1) is 0 Å². The van der Waals surface area contributed by atoms with Gasteiger partial charge in [0, 0.05) is 37.6 Å². The highest BCUT2D eigenvalue weighted by Crippen LogP contribution is 2.10. The Morgan fingerprint density at radius 3 is 2.76 bits per heavy atom. The highest BCUT2D eigenvalue weighted by molar-refractivity contribution is 5.90. The van der Waals surface area contributed by atoms with E-state index >= 15 is 0 Å². The Morgan fingerprint density at radius 1 is 1.33 bits per heavy atom. The minimum absolute atomic E-state index is 0.114. The third-order valence-corrected chi connectivity index (χ3v) is 3.11. The molecule has 0 bridgehead atoms. The van der Waals surface area contributed by atoms with Crippen molar-refractivity contribution in [3.63, 3.8) is 0 Å². The van der Waals surface area contributed by atoms with E-state index in [1.165, 1.54) is 4.57 Å². The Balaban J connectivity index is 1.94. The molecular formula is C15H16N4O2. The number of hydrogen-bond acceptors (Lipinski definition) is 3. The molecule has 1 amide bonds. The van der Waals surface area contributed by atoms with E-state index in [1.54, 1.807) is 41.2 Å². The van der Waals surface area contributed by atoms with E-state index in [2.05, 4.69) is 5.32 Å². The van der Waals surface area contributed by atoms with Crippen molar-refractivity contribution in [2.45, 2.75) is 26.4 Å². The Bertz CT molecular complexity index is 737. The Labute approximate surface area is 122 Å². The molecule has 108 valence electrons. The fourth-order valence-corrected chi connectivity index (χ4v) is 1.98. The number of nitrogens with one attached hydrogen (secondary N) is 1. The first-order valence-electron chi connectivity index (χ1n) is 6.69. The van der Waals surface area contributed by atoms with Gasteiger partial charge in [0.2, 0.25) is 5.91 Å². The summed E-state index contributed by atoms with van der Waals surface area (Å²) in [7, 11) is 0. The second-order valence-electron chi connectivity index (χ2n) is 4.55. The maximum absolute atomic E-state index is 11.9. The summed E-state index contributed by atoms with van der Waals surface area (Å²) in [4.78, 5) is 23.7. The molecule has 0 saturated heterocycles. The lowest BCUT2D eigenvalue weighted by Crippen LogP contribution is -2.25. The van der Waals surface area contributed by atoms with Gasteiger partial charge in [-0.1, -0.05) is 6.07 Å². The van der Waals surface area contributed by atoms with E-state index in [0.29, 0.717) is 24.3 Å². The van der Waals surface area contributed by atoms with Gasteiger partial charge in [0.1, 0.15) is 0 Å². The molecule has 2 rings (SSSR count). The lowest BCUT2D eigenvalue weighted by Gasteiger charge is -2.05. The summed E-state index contributed by atoms with van der Waals surface area (Å²) in [5.41, 5.74) is 0.957. The van der Waals surface area contributed by atoms with E-state index in [4.69, 9.17) is 5.26 Å². The molecule has 1 aromatic carbocycles. The predicted molar refractivity (Wildman–Crippen MR) is 78.8 cm³/mol. The number of nitrogens with zero attached hydrogens (tertiary/aromatic N) is 3. The Morgan fingerprint density at radius 2 is 2.10 bits per heavy atom. The minimum Gasteiger partial charge on any atom is -0.326 e. The first-order chi connectivity index (χ1) is 10.1. The number of amides is 1. The van der Waals surface area contributed by atoms with Crippen molar-refractivity contribution in [1.82, 2.24) is 9.13 Å². The molecule has 0 atom stereocenters. The molecule has 6 heteroatoms. The molecule has 0 aliphatic carbocycles. The van der Waals surface area contributed by atoms with Crippen LogP contribution in [0.4, 0.5) is 5.69 Å². The zero-order valence-electron chi connectivity index (χ0n) is 11.7. The largest absolute Gasteiger partial charge is 0.328 e. The predicted octanol–water partition coefficient (Wildman–Crippen LogP) is 1.57. The number of rotatable bonds is 5. The number of anilines is 1. The van der Waals surface area contributed by atoms with Crippen molar-refractivity contribution in [1.29, 1.82) is 5.26 Å². The monoisotopic (exact) mass is 284 g/mol. The average molecular weight is 284 g/mol. The van der Waals surface area contributed by atoms with Crippen molar-refractivity contribution in [2.24, 2.45) is 0 Å². The van der Waals surface area contributed by atoms with Crippen molar-refractivity contribution in [3.05, 3.63) is 52.7 Å². The van der Waals surface area contributed by atoms with E-state index in [0.717, 1.165) is 0 Å². The van der Waals surface area contributed by atoms with E-state index in [1.807, 2.05) is 13.0 Å². The van der Waals surface area contributed by atoms with E-state index in [-0.39, 0.29) is 18.0 Å². The highest BCUT2D eigenvalue weighted by Gasteiger charge is 2.06. The molecule has 2 aromatic rings. The molecule has 6 nitrogen and oxygen atoms in total. The fourth-order valence-electron chi connectivity index (χ4n) is 1.98. The van der Waals surface area contributed by atoms with E-state index in [9.17, 15) is 9.59 Å². The first-order valence-corrected chi connectivity index (χ1v) is 6.69. The molecule has 21 heavy (non-hydrogen) atoms. The molecular weight excluding hydrogens is 268 g/mol. The van der Waals surface area contributed by atoms with Gasteiger partial charge >= 0.3 is 5.69 Å². The van der Waals surface area contributed by atoms with Crippen LogP contribution in [0.15, 0.2) is 41.5 Å². The molecule has 0 fully saturated rings. The number of imidazole rings is 1. The second kappa shape index (κ2) is 6.57. The van der Waals surface area contributed by atoms with Crippen LogP contribution >= 0.6 is 0 Å². The maximum atomic E-state index is 11.9. The van der Waals surface area contributed by atoms with Crippen LogP contribution in [0.1, 0.15) is 18.9 Å². The quantitative estimate of drug-likeness (QED) is 0.905. The molecule has 0 aliphatic heterocycles. The van der Waals surface area contributed by atoms with Crippen LogP contribution in [0.5, 0.6) is 0 Å². The summed E-state index contributed by atoms with van der Waals surface area (Å²) < 4.78 is 3.09. The summed E-state index contributed by atoms with van der Waals surface area (Å²) in [6, 6.07) is 8.72. The summed E-state index contributed by atoms with van der Waals surface area (Å²) in [5, 5.41) is 11.5. The SMILES string of the molecule is CCn1ccn(CCC(=O)Nc2cccc(C#N)c2)c1=O.